The van der Waals surface area contributed by atoms with Crippen LogP contribution in [0.5, 0.6) is 5.75 Å². The Morgan fingerprint density at radius 3 is 2.94 bits per heavy atom. The molecular weight excluding hydrogens is 228 g/mol. The lowest BCUT2D eigenvalue weighted by molar-refractivity contribution is -0.119. The van der Waals surface area contributed by atoms with Crippen LogP contribution in [-0.2, 0) is 17.8 Å². The average molecular weight is 248 g/mol. The van der Waals surface area contributed by atoms with E-state index in [0.29, 0.717) is 13.1 Å². The van der Waals surface area contributed by atoms with Crippen LogP contribution in [0.4, 0.5) is 0 Å². The van der Waals surface area contributed by atoms with Crippen LogP contribution >= 0.6 is 0 Å². The lowest BCUT2D eigenvalue weighted by atomic mass is 10.0. The van der Waals surface area contributed by atoms with Crippen LogP contribution in [0.2, 0.25) is 0 Å². The number of carbonyl (C=O) groups excluding carboxylic acids is 1. The van der Waals surface area contributed by atoms with Crippen LogP contribution in [0.3, 0.4) is 0 Å². The first-order valence-electron chi connectivity index (χ1n) is 6.22. The number of hydrogen-bond acceptors (Lipinski definition) is 3. The van der Waals surface area contributed by atoms with E-state index in [1.807, 2.05) is 12.1 Å². The molecule has 2 rings (SSSR count). The van der Waals surface area contributed by atoms with Crippen LogP contribution in [0, 0.1) is 0 Å². The fraction of sp³-hybridized carbons (Fsp3) is 0.500. The lowest BCUT2D eigenvalue weighted by Crippen LogP contribution is -2.30. The van der Waals surface area contributed by atoms with E-state index in [1.54, 1.807) is 7.05 Å². The molecule has 0 saturated heterocycles. The maximum absolute atomic E-state index is 11.1. The van der Waals surface area contributed by atoms with Gasteiger partial charge in [-0.05, 0) is 31.0 Å². The van der Waals surface area contributed by atoms with Gasteiger partial charge in [0.15, 0.2) is 0 Å². The summed E-state index contributed by atoms with van der Waals surface area (Å²) in [5, 5.41) is 5.69. The Morgan fingerprint density at radius 2 is 2.22 bits per heavy atom. The highest BCUT2D eigenvalue weighted by Crippen LogP contribution is 2.35. The van der Waals surface area contributed by atoms with E-state index < -0.39 is 0 Å². The van der Waals surface area contributed by atoms with Crippen molar-refractivity contribution in [3.63, 3.8) is 0 Å². The Balaban J connectivity index is 1.95. The molecule has 18 heavy (non-hydrogen) atoms. The topological polar surface area (TPSA) is 50.4 Å². The van der Waals surface area contributed by atoms with E-state index in [4.69, 9.17) is 4.74 Å². The van der Waals surface area contributed by atoms with Crippen LogP contribution in [-0.4, -0.2) is 25.1 Å². The van der Waals surface area contributed by atoms with Crippen molar-refractivity contribution in [2.24, 2.45) is 0 Å². The fourth-order valence-corrected chi connectivity index (χ4v) is 2.18. The zero-order chi connectivity index (χ0) is 13.2. The summed E-state index contributed by atoms with van der Waals surface area (Å²) < 4.78 is 5.82. The molecule has 0 bridgehead atoms. The summed E-state index contributed by atoms with van der Waals surface area (Å²) >= 11 is 0. The number of fused-ring (bicyclic) bond motifs is 1. The highest BCUT2D eigenvalue weighted by atomic mass is 16.5. The van der Waals surface area contributed by atoms with Crippen LogP contribution in [0.1, 0.15) is 25.0 Å². The largest absolute Gasteiger partial charge is 0.487 e. The molecule has 0 atom stereocenters. The van der Waals surface area contributed by atoms with Gasteiger partial charge in [0.2, 0.25) is 5.91 Å². The summed E-state index contributed by atoms with van der Waals surface area (Å²) in [6.45, 7) is 5.23. The first kappa shape index (κ1) is 12.9. The quantitative estimate of drug-likeness (QED) is 0.843. The molecule has 1 aliphatic rings. The van der Waals surface area contributed by atoms with Crippen molar-refractivity contribution in [2.45, 2.75) is 32.4 Å². The molecule has 0 aliphatic carbocycles. The van der Waals surface area contributed by atoms with Gasteiger partial charge in [-0.15, -0.1) is 0 Å². The Kier molecular flexibility index (Phi) is 3.57. The van der Waals surface area contributed by atoms with E-state index in [1.165, 1.54) is 11.1 Å². The summed E-state index contributed by atoms with van der Waals surface area (Å²) in [4.78, 5) is 11.1. The molecule has 0 fully saturated rings. The summed E-state index contributed by atoms with van der Waals surface area (Å²) in [5.41, 5.74) is 2.33. The van der Waals surface area contributed by atoms with Crippen LogP contribution < -0.4 is 15.4 Å². The molecule has 1 aromatic carbocycles. The SMILES string of the molecule is CNC(=O)CNCc1ccc2c(c1)CC(C)(C)O2. The predicted molar refractivity (Wildman–Crippen MR) is 70.6 cm³/mol. The van der Waals surface area contributed by atoms with Crippen molar-refractivity contribution >= 4 is 5.91 Å². The molecule has 0 spiro atoms. The molecule has 1 heterocycles. The van der Waals surface area contributed by atoms with Gasteiger partial charge < -0.3 is 15.4 Å². The Morgan fingerprint density at radius 1 is 1.44 bits per heavy atom. The summed E-state index contributed by atoms with van der Waals surface area (Å²) in [5.74, 6) is 0.982. The molecular formula is C14H20N2O2. The van der Waals surface area contributed by atoms with Gasteiger partial charge in [-0.25, -0.2) is 0 Å². The van der Waals surface area contributed by atoms with Crippen molar-refractivity contribution in [3.05, 3.63) is 29.3 Å². The summed E-state index contributed by atoms with van der Waals surface area (Å²) in [6.07, 6.45) is 0.936. The van der Waals surface area contributed by atoms with E-state index in [-0.39, 0.29) is 11.5 Å². The minimum Gasteiger partial charge on any atom is -0.487 e. The van der Waals surface area contributed by atoms with Gasteiger partial charge in [0.1, 0.15) is 11.4 Å². The first-order chi connectivity index (χ1) is 8.50. The second-order valence-electron chi connectivity index (χ2n) is 5.26. The third kappa shape index (κ3) is 3.01. The Hall–Kier alpha value is -1.55. The molecule has 4 nitrogen and oxygen atoms in total. The molecule has 4 heteroatoms. The number of amides is 1. The number of carbonyl (C=O) groups is 1. The maximum Gasteiger partial charge on any atom is 0.233 e. The highest BCUT2D eigenvalue weighted by Gasteiger charge is 2.29. The van der Waals surface area contributed by atoms with Gasteiger partial charge >= 0.3 is 0 Å². The molecule has 98 valence electrons. The molecule has 0 unspecified atom stereocenters. The van der Waals surface area contributed by atoms with Crippen molar-refractivity contribution in [2.75, 3.05) is 13.6 Å². The standard InChI is InChI=1S/C14H20N2O2/c1-14(2)7-11-6-10(4-5-12(11)18-14)8-16-9-13(17)15-3/h4-6,16H,7-9H2,1-3H3,(H,15,17). The third-order valence-electron chi connectivity index (χ3n) is 3.02. The van der Waals surface area contributed by atoms with E-state index in [0.717, 1.165) is 12.2 Å². The summed E-state index contributed by atoms with van der Waals surface area (Å²) in [6, 6.07) is 6.21. The summed E-state index contributed by atoms with van der Waals surface area (Å²) in [7, 11) is 1.64. The molecule has 1 amide bonds. The molecule has 1 aromatic rings. The van der Waals surface area contributed by atoms with Crippen LogP contribution in [0.15, 0.2) is 18.2 Å². The zero-order valence-corrected chi connectivity index (χ0v) is 11.2. The minimum absolute atomic E-state index is 0.000580. The molecule has 1 aliphatic heterocycles. The maximum atomic E-state index is 11.1. The normalized spacial score (nSPS) is 15.9. The van der Waals surface area contributed by atoms with Gasteiger partial charge in [0.05, 0.1) is 6.54 Å². The van der Waals surface area contributed by atoms with Crippen molar-refractivity contribution in [1.29, 1.82) is 0 Å². The van der Waals surface area contributed by atoms with Gasteiger partial charge in [-0.2, -0.15) is 0 Å². The number of benzene rings is 1. The van der Waals surface area contributed by atoms with Crippen molar-refractivity contribution in [1.82, 2.24) is 10.6 Å². The lowest BCUT2D eigenvalue weighted by Gasteiger charge is -2.16. The van der Waals surface area contributed by atoms with E-state index >= 15 is 0 Å². The average Bonchev–Trinajstić information content (AvgIpc) is 2.62. The molecule has 0 aromatic heterocycles. The molecule has 0 saturated carbocycles. The Labute approximate surface area is 108 Å². The van der Waals surface area contributed by atoms with Crippen molar-refractivity contribution in [3.8, 4) is 5.75 Å². The van der Waals surface area contributed by atoms with E-state index in [9.17, 15) is 4.79 Å². The van der Waals surface area contributed by atoms with Crippen molar-refractivity contribution < 1.29 is 9.53 Å². The number of ether oxygens (including phenoxy) is 1. The predicted octanol–water partition coefficient (Wildman–Crippen LogP) is 1.24. The third-order valence-corrected chi connectivity index (χ3v) is 3.02. The zero-order valence-electron chi connectivity index (χ0n) is 11.2. The molecule has 0 radical (unpaired) electrons. The highest BCUT2D eigenvalue weighted by molar-refractivity contribution is 5.77. The molecule has 2 N–H and O–H groups in total. The number of likely N-dealkylation sites (N-methyl/N-ethyl adjacent to an activating group) is 1. The van der Waals surface area contributed by atoms with Gasteiger partial charge in [-0.3, -0.25) is 4.79 Å². The second kappa shape index (κ2) is 4.98. The van der Waals surface area contributed by atoms with Crippen LogP contribution in [0.25, 0.3) is 0 Å². The number of hydrogen-bond donors (Lipinski definition) is 2. The number of rotatable bonds is 4. The fourth-order valence-electron chi connectivity index (χ4n) is 2.18. The van der Waals surface area contributed by atoms with E-state index in [2.05, 4.69) is 30.5 Å². The second-order valence-corrected chi connectivity index (χ2v) is 5.26. The Bertz CT molecular complexity index is 455. The minimum atomic E-state index is -0.101. The van der Waals surface area contributed by atoms with Gasteiger partial charge in [0.25, 0.3) is 0 Å². The smallest absolute Gasteiger partial charge is 0.233 e. The number of nitrogens with one attached hydrogen (secondary N) is 2. The first-order valence-corrected chi connectivity index (χ1v) is 6.22. The monoisotopic (exact) mass is 248 g/mol. The van der Waals surface area contributed by atoms with Gasteiger partial charge in [-0.1, -0.05) is 12.1 Å². The van der Waals surface area contributed by atoms with Gasteiger partial charge in [0, 0.05) is 20.0 Å².